The van der Waals surface area contributed by atoms with Crippen molar-refractivity contribution in [2.75, 3.05) is 13.1 Å². The lowest BCUT2D eigenvalue weighted by atomic mass is 10.1. The van der Waals surface area contributed by atoms with E-state index in [-0.39, 0.29) is 29.2 Å². The highest BCUT2D eigenvalue weighted by atomic mass is 35.5. The Morgan fingerprint density at radius 2 is 2.00 bits per heavy atom. The van der Waals surface area contributed by atoms with E-state index < -0.39 is 11.8 Å². The molecule has 0 unspecified atom stereocenters. The molecule has 1 fully saturated rings. The van der Waals surface area contributed by atoms with Crippen molar-refractivity contribution in [3.05, 3.63) is 76.7 Å². The van der Waals surface area contributed by atoms with E-state index in [1.54, 1.807) is 36.5 Å². The molecular weight excluding hydrogens is 501 g/mol. The zero-order chi connectivity index (χ0) is 25.9. The number of nitrogens with zero attached hydrogens (tertiary/aromatic N) is 5. The third-order valence-electron chi connectivity index (χ3n) is 6.34. The Kier molecular flexibility index (Phi) is 7.20. The standard InChI is InChI=1S/C26H25ClFN5O4/c1-32-23-10-16(26(34)35)2-3-22(23)31-24(32)14-33-8-5-19(6-9-33)37-20-4-7-29-18(12-20)15-36-25-21(28)11-17(27)13-30-25/h2-4,7,10-13,19H,5-6,8-9,14-15H2,1H3,(H,34,35). The Labute approximate surface area is 217 Å². The molecule has 0 aliphatic carbocycles. The van der Waals surface area contributed by atoms with E-state index in [4.69, 9.17) is 26.1 Å². The Morgan fingerprint density at radius 3 is 2.76 bits per heavy atom. The van der Waals surface area contributed by atoms with Crippen LogP contribution in [0.15, 0.2) is 48.8 Å². The van der Waals surface area contributed by atoms with E-state index in [0.29, 0.717) is 18.0 Å². The summed E-state index contributed by atoms with van der Waals surface area (Å²) in [5.74, 6) is -0.139. The second-order valence-corrected chi connectivity index (χ2v) is 9.34. The number of fused-ring (bicyclic) bond motifs is 1. The van der Waals surface area contributed by atoms with E-state index in [0.717, 1.165) is 48.9 Å². The van der Waals surface area contributed by atoms with Gasteiger partial charge >= 0.3 is 5.97 Å². The molecule has 1 aliphatic rings. The number of likely N-dealkylation sites (tertiary alicyclic amines) is 1. The SMILES string of the molecule is Cn1c(CN2CCC(Oc3ccnc(COc4ncc(Cl)cc4F)c3)CC2)nc2ccc(C(=O)O)cc21. The highest BCUT2D eigenvalue weighted by Crippen LogP contribution is 2.23. The summed E-state index contributed by atoms with van der Waals surface area (Å²) in [7, 11) is 1.91. The maximum Gasteiger partial charge on any atom is 0.335 e. The number of carbonyl (C=O) groups is 1. The maximum atomic E-state index is 13.9. The molecule has 3 aromatic heterocycles. The summed E-state index contributed by atoms with van der Waals surface area (Å²) in [4.78, 5) is 26.4. The summed E-state index contributed by atoms with van der Waals surface area (Å²) < 4.78 is 27.5. The minimum Gasteiger partial charge on any atom is -0.490 e. The monoisotopic (exact) mass is 525 g/mol. The summed E-state index contributed by atoms with van der Waals surface area (Å²) in [6, 6.07) is 9.71. The van der Waals surface area contributed by atoms with Crippen LogP contribution in [0.4, 0.5) is 4.39 Å². The smallest absolute Gasteiger partial charge is 0.335 e. The Hall–Kier alpha value is -3.76. The maximum absolute atomic E-state index is 13.9. The predicted octanol–water partition coefficient (Wildman–Crippen LogP) is 4.48. The van der Waals surface area contributed by atoms with Crippen LogP contribution >= 0.6 is 11.6 Å². The second-order valence-electron chi connectivity index (χ2n) is 8.90. The van der Waals surface area contributed by atoms with Crippen LogP contribution in [0, 0.1) is 5.82 Å². The quantitative estimate of drug-likeness (QED) is 0.359. The van der Waals surface area contributed by atoms with Crippen LogP contribution in [0.3, 0.4) is 0 Å². The third kappa shape index (κ3) is 5.81. The van der Waals surface area contributed by atoms with Gasteiger partial charge in [-0.25, -0.2) is 19.2 Å². The number of carboxylic acids is 1. The first-order valence-electron chi connectivity index (χ1n) is 11.8. The van der Waals surface area contributed by atoms with Crippen molar-refractivity contribution in [3.63, 3.8) is 0 Å². The molecule has 0 saturated carbocycles. The highest BCUT2D eigenvalue weighted by molar-refractivity contribution is 6.30. The van der Waals surface area contributed by atoms with Gasteiger partial charge in [0.2, 0.25) is 0 Å². The lowest BCUT2D eigenvalue weighted by molar-refractivity contribution is 0.0697. The molecule has 0 radical (unpaired) electrons. The van der Waals surface area contributed by atoms with Gasteiger partial charge in [-0.1, -0.05) is 11.6 Å². The van der Waals surface area contributed by atoms with Gasteiger partial charge in [0.05, 0.1) is 33.9 Å². The van der Waals surface area contributed by atoms with E-state index in [1.165, 1.54) is 6.20 Å². The van der Waals surface area contributed by atoms with Gasteiger partial charge in [0.25, 0.3) is 5.88 Å². The number of aromatic carboxylic acids is 1. The number of benzene rings is 1. The molecule has 37 heavy (non-hydrogen) atoms. The average Bonchev–Trinajstić information content (AvgIpc) is 3.19. The molecule has 1 saturated heterocycles. The number of rotatable bonds is 8. The zero-order valence-electron chi connectivity index (χ0n) is 20.1. The number of pyridine rings is 2. The van der Waals surface area contributed by atoms with Crippen molar-refractivity contribution >= 4 is 28.6 Å². The summed E-state index contributed by atoms with van der Waals surface area (Å²) in [5, 5.41) is 9.46. The normalized spacial score (nSPS) is 14.7. The van der Waals surface area contributed by atoms with Gasteiger partial charge < -0.3 is 19.1 Å². The first-order chi connectivity index (χ1) is 17.9. The molecule has 4 aromatic rings. The summed E-state index contributed by atoms with van der Waals surface area (Å²) in [6.07, 6.45) is 4.71. The number of aromatic nitrogens is 4. The van der Waals surface area contributed by atoms with Gasteiger partial charge in [0.15, 0.2) is 5.82 Å². The fourth-order valence-corrected chi connectivity index (χ4v) is 4.50. The van der Waals surface area contributed by atoms with Crippen molar-refractivity contribution in [3.8, 4) is 11.6 Å². The molecule has 0 atom stereocenters. The first kappa shape index (κ1) is 24.9. The molecule has 0 amide bonds. The molecule has 192 valence electrons. The molecular formula is C26H25ClFN5O4. The average molecular weight is 526 g/mol. The van der Waals surface area contributed by atoms with Crippen LogP contribution in [0.2, 0.25) is 5.02 Å². The number of piperidine rings is 1. The van der Waals surface area contributed by atoms with Crippen molar-refractivity contribution in [2.24, 2.45) is 7.05 Å². The minimum absolute atomic E-state index is 0.0488. The number of carboxylic acid groups (broad SMARTS) is 1. The lowest BCUT2D eigenvalue weighted by Gasteiger charge is -2.31. The molecule has 9 nitrogen and oxygen atoms in total. The van der Waals surface area contributed by atoms with Crippen LogP contribution in [0.25, 0.3) is 11.0 Å². The fraction of sp³-hybridized carbons (Fsp3) is 0.308. The number of aryl methyl sites for hydroxylation is 1. The highest BCUT2D eigenvalue weighted by Gasteiger charge is 2.22. The molecule has 1 aromatic carbocycles. The van der Waals surface area contributed by atoms with Crippen LogP contribution < -0.4 is 9.47 Å². The summed E-state index contributed by atoms with van der Waals surface area (Å²) in [6.45, 7) is 2.41. The van der Waals surface area contributed by atoms with Crippen LogP contribution in [-0.2, 0) is 20.2 Å². The second kappa shape index (κ2) is 10.7. The Morgan fingerprint density at radius 1 is 1.19 bits per heavy atom. The number of halogens is 2. The Balaban J connectivity index is 1.15. The largest absolute Gasteiger partial charge is 0.490 e. The number of imidazole rings is 1. The number of ether oxygens (including phenoxy) is 2. The summed E-state index contributed by atoms with van der Waals surface area (Å²) >= 11 is 5.72. The van der Waals surface area contributed by atoms with E-state index >= 15 is 0 Å². The van der Waals surface area contributed by atoms with Crippen LogP contribution in [0.5, 0.6) is 11.6 Å². The molecule has 0 bridgehead atoms. The van der Waals surface area contributed by atoms with E-state index in [2.05, 4.69) is 14.9 Å². The van der Waals surface area contributed by atoms with Gasteiger partial charge in [0, 0.05) is 38.6 Å². The van der Waals surface area contributed by atoms with Gasteiger partial charge in [-0.3, -0.25) is 9.88 Å². The van der Waals surface area contributed by atoms with Gasteiger partial charge in [0.1, 0.15) is 24.3 Å². The molecule has 11 heteroatoms. The number of hydrogen-bond donors (Lipinski definition) is 1. The zero-order valence-corrected chi connectivity index (χ0v) is 20.9. The van der Waals surface area contributed by atoms with Crippen LogP contribution in [0.1, 0.15) is 34.7 Å². The van der Waals surface area contributed by atoms with E-state index in [9.17, 15) is 14.3 Å². The predicted molar refractivity (Wildman–Crippen MR) is 134 cm³/mol. The van der Waals surface area contributed by atoms with Crippen molar-refractivity contribution < 1.29 is 23.8 Å². The summed E-state index contributed by atoms with van der Waals surface area (Å²) in [5.41, 5.74) is 2.44. The topological polar surface area (TPSA) is 103 Å². The fourth-order valence-electron chi connectivity index (χ4n) is 4.35. The molecule has 4 heterocycles. The Bertz CT molecular complexity index is 1440. The van der Waals surface area contributed by atoms with Gasteiger partial charge in [-0.15, -0.1) is 0 Å². The first-order valence-corrected chi connectivity index (χ1v) is 12.2. The van der Waals surface area contributed by atoms with Gasteiger partial charge in [-0.05, 0) is 43.2 Å². The van der Waals surface area contributed by atoms with Crippen LogP contribution in [-0.4, -0.2) is 54.7 Å². The van der Waals surface area contributed by atoms with Crippen molar-refractivity contribution in [1.82, 2.24) is 24.4 Å². The molecule has 5 rings (SSSR count). The lowest BCUT2D eigenvalue weighted by Crippen LogP contribution is -2.38. The number of hydrogen-bond acceptors (Lipinski definition) is 7. The molecule has 1 N–H and O–H groups in total. The minimum atomic E-state index is -0.951. The van der Waals surface area contributed by atoms with E-state index in [1.807, 2.05) is 11.6 Å². The van der Waals surface area contributed by atoms with Gasteiger partial charge in [-0.2, -0.15) is 0 Å². The molecule has 1 aliphatic heterocycles. The van der Waals surface area contributed by atoms with Crippen molar-refractivity contribution in [2.45, 2.75) is 32.1 Å². The van der Waals surface area contributed by atoms with Crippen molar-refractivity contribution in [1.29, 1.82) is 0 Å². The molecule has 0 spiro atoms. The third-order valence-corrected chi connectivity index (χ3v) is 6.55.